The molecular weight excluding hydrogens is 614 g/mol. The minimum Gasteiger partial charge on any atom is -0.497 e. The number of fused-ring (bicyclic) bond motifs is 9. The van der Waals surface area contributed by atoms with Crippen molar-refractivity contribution in [2.45, 2.75) is 107 Å². The first-order valence-corrected chi connectivity index (χ1v) is 19.0. The number of rotatable bonds is 7. The van der Waals surface area contributed by atoms with Gasteiger partial charge in [0.2, 0.25) is 15.9 Å². The lowest BCUT2D eigenvalue weighted by Gasteiger charge is -2.37. The molecular formula is C37H45N3O6S. The van der Waals surface area contributed by atoms with Crippen LogP contribution in [0.5, 0.6) is 5.75 Å². The highest BCUT2D eigenvalue weighted by molar-refractivity contribution is 7.90. The van der Waals surface area contributed by atoms with Gasteiger partial charge in [0.25, 0.3) is 5.91 Å². The minimum absolute atomic E-state index is 0.0589. The molecule has 2 amide bonds. The number of benzene rings is 2. The Balaban J connectivity index is 1.32. The second-order valence-electron chi connectivity index (χ2n) is 14.6. The molecule has 2 saturated carbocycles. The molecule has 1 aromatic heterocycles. The van der Waals surface area contributed by atoms with E-state index in [4.69, 9.17) is 9.47 Å². The van der Waals surface area contributed by atoms with Crippen molar-refractivity contribution in [3.05, 3.63) is 53.1 Å². The number of methoxy groups -OCH3 is 1. The largest absolute Gasteiger partial charge is 0.497 e. The maximum atomic E-state index is 14.9. The quantitative estimate of drug-likeness (QED) is 0.329. The number of sulfonamides is 1. The highest BCUT2D eigenvalue weighted by Gasteiger charge is 2.65. The van der Waals surface area contributed by atoms with Crippen LogP contribution >= 0.6 is 0 Å². The van der Waals surface area contributed by atoms with Crippen LogP contribution in [0.4, 0.5) is 0 Å². The van der Waals surface area contributed by atoms with Gasteiger partial charge in [-0.05, 0) is 92.8 Å². The molecule has 0 radical (unpaired) electrons. The van der Waals surface area contributed by atoms with E-state index < -0.39 is 26.6 Å². The molecule has 0 spiro atoms. The summed E-state index contributed by atoms with van der Waals surface area (Å²) in [6, 6.07) is 12.2. The van der Waals surface area contributed by atoms with Gasteiger partial charge in [-0.15, -0.1) is 0 Å². The van der Waals surface area contributed by atoms with Gasteiger partial charge in [-0.25, -0.2) is 13.1 Å². The molecule has 10 heteroatoms. The molecule has 2 aliphatic carbocycles. The summed E-state index contributed by atoms with van der Waals surface area (Å²) in [5.41, 5.74) is 5.31. The lowest BCUT2D eigenvalue weighted by atomic mass is 9.81. The van der Waals surface area contributed by atoms with E-state index in [2.05, 4.69) is 26.3 Å². The van der Waals surface area contributed by atoms with E-state index in [1.165, 1.54) is 24.8 Å². The fourth-order valence-corrected chi connectivity index (χ4v) is 10.2. The van der Waals surface area contributed by atoms with Gasteiger partial charge in [0.15, 0.2) is 0 Å². The van der Waals surface area contributed by atoms with E-state index in [0.29, 0.717) is 37.7 Å². The average Bonchev–Trinajstić information content (AvgIpc) is 3.68. The third-order valence-electron chi connectivity index (χ3n) is 12.0. The Kier molecular flexibility index (Phi) is 7.48. The fourth-order valence-electron chi connectivity index (χ4n) is 9.15. The zero-order chi connectivity index (χ0) is 32.7. The molecule has 47 heavy (non-hydrogen) atoms. The zero-order valence-electron chi connectivity index (χ0n) is 27.6. The maximum Gasteiger partial charge on any atom is 0.264 e. The van der Waals surface area contributed by atoms with Crippen molar-refractivity contribution in [3.8, 4) is 17.0 Å². The van der Waals surface area contributed by atoms with Gasteiger partial charge in [0, 0.05) is 34.5 Å². The minimum atomic E-state index is -3.81. The van der Waals surface area contributed by atoms with Crippen LogP contribution in [0.15, 0.2) is 36.4 Å². The molecule has 9 nitrogen and oxygen atoms in total. The summed E-state index contributed by atoms with van der Waals surface area (Å²) in [6.45, 7) is 5.10. The van der Waals surface area contributed by atoms with E-state index in [9.17, 15) is 18.0 Å². The monoisotopic (exact) mass is 659 g/mol. The number of hydrogen-bond acceptors (Lipinski definition) is 6. The first-order valence-electron chi connectivity index (χ1n) is 17.5. The fraction of sp³-hybridized carbons (Fsp3) is 0.568. The van der Waals surface area contributed by atoms with Crippen LogP contribution in [-0.2, 0) is 26.1 Å². The Bertz CT molecular complexity index is 1860. The van der Waals surface area contributed by atoms with Crippen LogP contribution in [-0.4, -0.2) is 67.4 Å². The highest BCUT2D eigenvalue weighted by atomic mass is 32.2. The second kappa shape index (κ2) is 11.4. The van der Waals surface area contributed by atoms with E-state index in [-0.39, 0.29) is 23.9 Å². The highest BCUT2D eigenvalue weighted by Crippen LogP contribution is 2.66. The van der Waals surface area contributed by atoms with Crippen LogP contribution in [0, 0.1) is 5.41 Å². The van der Waals surface area contributed by atoms with Crippen molar-refractivity contribution < 1.29 is 27.5 Å². The van der Waals surface area contributed by atoms with Crippen molar-refractivity contribution >= 4 is 32.7 Å². The van der Waals surface area contributed by atoms with Gasteiger partial charge >= 0.3 is 0 Å². The molecule has 2 bridgehead atoms. The predicted octanol–water partition coefficient (Wildman–Crippen LogP) is 6.10. The molecule has 1 N–H and O–H groups in total. The third-order valence-corrected chi connectivity index (χ3v) is 13.9. The van der Waals surface area contributed by atoms with Crippen molar-refractivity contribution in [1.29, 1.82) is 0 Å². The van der Waals surface area contributed by atoms with Crippen LogP contribution < -0.4 is 9.46 Å². The molecule has 2 saturated heterocycles. The summed E-state index contributed by atoms with van der Waals surface area (Å²) < 4.78 is 42.0. The summed E-state index contributed by atoms with van der Waals surface area (Å²) in [7, 11) is -2.12. The summed E-state index contributed by atoms with van der Waals surface area (Å²) in [5.74, 6) is 0.798. The molecule has 4 heterocycles. The molecule has 5 aliphatic rings. The summed E-state index contributed by atoms with van der Waals surface area (Å²) >= 11 is 0. The van der Waals surface area contributed by atoms with E-state index in [1.54, 1.807) is 27.0 Å². The van der Waals surface area contributed by atoms with E-state index in [0.717, 1.165) is 65.6 Å². The number of morpholine rings is 1. The SMILES string of the molecule is CCC(C)S(=O)(=O)NC(=O)c1ccc2c(C3CCCCC3)c3n(c2c1)CC1(C(=O)N2[C@H]4CC[C@H]2COC4)CC1c1cc(OC)ccc1-3. The lowest BCUT2D eigenvalue weighted by Crippen LogP contribution is -2.52. The maximum absolute atomic E-state index is 14.9. The molecule has 3 aromatic rings. The number of hydrogen-bond donors (Lipinski definition) is 1. The summed E-state index contributed by atoms with van der Waals surface area (Å²) in [5, 5.41) is 0.405. The Hall–Kier alpha value is -3.37. The molecule has 8 rings (SSSR count). The summed E-state index contributed by atoms with van der Waals surface area (Å²) in [4.78, 5) is 30.5. The Morgan fingerprint density at radius 2 is 1.79 bits per heavy atom. The van der Waals surface area contributed by atoms with Crippen LogP contribution in [0.25, 0.3) is 22.2 Å². The van der Waals surface area contributed by atoms with Gasteiger partial charge < -0.3 is 18.9 Å². The molecule has 4 fully saturated rings. The zero-order valence-corrected chi connectivity index (χ0v) is 28.4. The number of aromatic nitrogens is 1. The number of amides is 2. The normalized spacial score (nSPS) is 27.4. The van der Waals surface area contributed by atoms with Crippen LogP contribution in [0.1, 0.15) is 105 Å². The van der Waals surface area contributed by atoms with Gasteiger partial charge in [-0.1, -0.05) is 32.3 Å². The smallest absolute Gasteiger partial charge is 0.264 e. The number of carbonyl (C=O) groups is 2. The van der Waals surface area contributed by atoms with Crippen LogP contribution in [0.2, 0.25) is 0 Å². The van der Waals surface area contributed by atoms with Crippen LogP contribution in [0.3, 0.4) is 0 Å². The Morgan fingerprint density at radius 1 is 1.04 bits per heavy atom. The third kappa shape index (κ3) is 4.84. The number of carbonyl (C=O) groups excluding carboxylic acids is 2. The Morgan fingerprint density at radius 3 is 2.49 bits per heavy atom. The molecule has 5 atom stereocenters. The van der Waals surface area contributed by atoms with Gasteiger partial charge in [0.1, 0.15) is 5.75 Å². The first kappa shape index (κ1) is 30.9. The molecule has 2 aromatic carbocycles. The van der Waals surface area contributed by atoms with Gasteiger partial charge in [0.05, 0.1) is 48.8 Å². The number of ether oxygens (including phenoxy) is 2. The number of nitrogens with one attached hydrogen (secondary N) is 1. The van der Waals surface area contributed by atoms with Crippen molar-refractivity contribution in [1.82, 2.24) is 14.2 Å². The predicted molar refractivity (Wildman–Crippen MR) is 180 cm³/mol. The Labute approximate surface area is 277 Å². The average molecular weight is 660 g/mol. The summed E-state index contributed by atoms with van der Waals surface area (Å²) in [6.07, 6.45) is 8.88. The van der Waals surface area contributed by atoms with Crippen molar-refractivity contribution in [3.63, 3.8) is 0 Å². The van der Waals surface area contributed by atoms with Gasteiger partial charge in [-0.3, -0.25) is 9.59 Å². The topological polar surface area (TPSA) is 107 Å². The van der Waals surface area contributed by atoms with Gasteiger partial charge in [-0.2, -0.15) is 0 Å². The van der Waals surface area contributed by atoms with E-state index in [1.807, 2.05) is 18.2 Å². The van der Waals surface area contributed by atoms with Crippen molar-refractivity contribution in [2.24, 2.45) is 5.41 Å². The van der Waals surface area contributed by atoms with E-state index >= 15 is 0 Å². The standard InChI is InChI=1S/C37H45N3O6S/c1-4-22(2)47(43,44)38-35(41)24-10-14-29-32(16-24)39-21-37(36(42)40-25-11-12-26(40)20-46-19-25)18-31(37)30-17-27(45-3)13-15-28(30)34(39)33(29)23-8-6-5-7-9-23/h10,13-17,22-23,25-26,31H,4-9,11-12,18-21H2,1-3H3,(H,38,41)/t22?,25-,26-,31?,37?/m0/s1. The molecule has 3 unspecified atom stereocenters. The van der Waals surface area contributed by atoms with Crippen molar-refractivity contribution in [2.75, 3.05) is 20.3 Å². The molecule has 3 aliphatic heterocycles. The first-order chi connectivity index (χ1) is 22.7. The molecule has 250 valence electrons. The lowest BCUT2D eigenvalue weighted by molar-refractivity contribution is -0.147. The number of nitrogens with zero attached hydrogens (tertiary/aromatic N) is 2. The second-order valence-corrected chi connectivity index (χ2v) is 16.7.